The van der Waals surface area contributed by atoms with E-state index in [1.54, 1.807) is 4.57 Å². The molecule has 206 valence electrons. The maximum atomic E-state index is 13.2. The molecule has 0 unspecified atom stereocenters. The van der Waals surface area contributed by atoms with E-state index in [-0.39, 0.29) is 24.7 Å². The fourth-order valence-electron chi connectivity index (χ4n) is 4.82. The Morgan fingerprint density at radius 1 is 0.976 bits per heavy atom. The van der Waals surface area contributed by atoms with Crippen molar-refractivity contribution in [1.82, 2.24) is 9.55 Å². The van der Waals surface area contributed by atoms with Crippen LogP contribution in [0.15, 0.2) is 78.9 Å². The van der Waals surface area contributed by atoms with Crippen molar-refractivity contribution >= 4 is 28.5 Å². The van der Waals surface area contributed by atoms with Crippen molar-refractivity contribution in [1.29, 1.82) is 5.26 Å². The number of nitriles is 1. The molecule has 0 N–H and O–H groups in total. The number of carbonyl (C=O) groups is 1. The second kappa shape index (κ2) is 12.2. The molecule has 0 aliphatic carbocycles. The first-order chi connectivity index (χ1) is 20.0. The summed E-state index contributed by atoms with van der Waals surface area (Å²) in [5, 5.41) is 10.9. The van der Waals surface area contributed by atoms with Crippen molar-refractivity contribution in [2.24, 2.45) is 7.05 Å². The molecule has 0 bridgehead atoms. The summed E-state index contributed by atoms with van der Waals surface area (Å²) in [6.07, 6.45) is 0.508. The number of nitrogens with zero attached hydrogens (tertiary/aromatic N) is 3. The van der Waals surface area contributed by atoms with E-state index in [0.717, 1.165) is 22.2 Å². The monoisotopic (exact) mass is 565 g/mol. The van der Waals surface area contributed by atoms with Gasteiger partial charge in [0.1, 0.15) is 30.2 Å². The lowest BCUT2D eigenvalue weighted by Gasteiger charge is -2.20. The summed E-state index contributed by atoms with van der Waals surface area (Å²) in [7, 11) is 3.14. The van der Waals surface area contributed by atoms with E-state index in [1.807, 2.05) is 92.8 Å². The predicted molar refractivity (Wildman–Crippen MR) is 158 cm³/mol. The second-order valence-corrected chi connectivity index (χ2v) is 9.77. The molecule has 2 aromatic heterocycles. The third kappa shape index (κ3) is 5.47. The Balaban J connectivity index is 1.72. The third-order valence-corrected chi connectivity index (χ3v) is 7.36. The third-order valence-electron chi connectivity index (χ3n) is 6.91. The minimum absolute atomic E-state index is 0.0997. The topological polar surface area (TPSA) is 86.4 Å². The van der Waals surface area contributed by atoms with Crippen LogP contribution in [0.2, 0.25) is 5.15 Å². The average molecular weight is 566 g/mol. The summed E-state index contributed by atoms with van der Waals surface area (Å²) >= 11 is 6.45. The number of carbonyl (C=O) groups excluding carboxylic acids is 1. The first-order valence-electron chi connectivity index (χ1n) is 13.1. The van der Waals surface area contributed by atoms with Gasteiger partial charge in [-0.15, -0.1) is 0 Å². The SMILES string of the molecule is CCc1c(-c2ccc3c(c2)c(C#N)c(Cl)n3C)nc(OCc2ccccc2)c(C(=O)OC)c1OCc1ccccc1. The standard InChI is InChI=1S/C33H28ClN3O4/c1-4-24-29(23-15-16-27-25(17-23)26(18-35)31(34)37(27)2)36-32(41-20-22-13-9-6-10-14-22)28(33(38)39-3)30(24)40-19-21-11-7-5-8-12-21/h5-17H,4,19-20H2,1-3H3. The number of benzene rings is 3. The van der Waals surface area contributed by atoms with Gasteiger partial charge in [0.2, 0.25) is 5.88 Å². The Labute approximate surface area is 243 Å². The van der Waals surface area contributed by atoms with E-state index in [4.69, 9.17) is 30.8 Å². The predicted octanol–water partition coefficient (Wildman–Crippen LogP) is 7.27. The van der Waals surface area contributed by atoms with Crippen LogP contribution in [0.5, 0.6) is 11.6 Å². The zero-order chi connectivity index (χ0) is 28.9. The van der Waals surface area contributed by atoms with Gasteiger partial charge >= 0.3 is 5.97 Å². The van der Waals surface area contributed by atoms with Crippen LogP contribution in [0.25, 0.3) is 22.2 Å². The zero-order valence-corrected chi connectivity index (χ0v) is 23.7. The van der Waals surface area contributed by atoms with E-state index >= 15 is 0 Å². The van der Waals surface area contributed by atoms with Gasteiger partial charge in [0.05, 0.1) is 23.9 Å². The lowest BCUT2D eigenvalue weighted by atomic mass is 9.98. The zero-order valence-electron chi connectivity index (χ0n) is 23.0. The first-order valence-corrected chi connectivity index (χ1v) is 13.5. The number of halogens is 1. The summed E-state index contributed by atoms with van der Waals surface area (Å²) in [5.74, 6) is -0.160. The van der Waals surface area contributed by atoms with Crippen molar-refractivity contribution in [2.45, 2.75) is 26.6 Å². The number of aromatic nitrogens is 2. The molecule has 3 aromatic carbocycles. The van der Waals surface area contributed by atoms with Gasteiger partial charge < -0.3 is 18.8 Å². The molecule has 0 radical (unpaired) electrons. The highest BCUT2D eigenvalue weighted by Crippen LogP contribution is 2.40. The Kier molecular flexibility index (Phi) is 8.23. The van der Waals surface area contributed by atoms with Crippen LogP contribution < -0.4 is 9.47 Å². The van der Waals surface area contributed by atoms with Crippen LogP contribution >= 0.6 is 11.6 Å². The number of fused-ring (bicyclic) bond motifs is 1. The summed E-state index contributed by atoms with van der Waals surface area (Å²) in [4.78, 5) is 18.1. The molecule has 41 heavy (non-hydrogen) atoms. The van der Waals surface area contributed by atoms with E-state index in [0.29, 0.717) is 39.5 Å². The molecule has 0 saturated carbocycles. The molecular weight excluding hydrogens is 538 g/mol. The molecule has 0 aliphatic heterocycles. The summed E-state index contributed by atoms with van der Waals surface area (Å²) < 4.78 is 19.5. The van der Waals surface area contributed by atoms with Gasteiger partial charge in [-0.2, -0.15) is 5.26 Å². The summed E-state index contributed by atoms with van der Waals surface area (Å²) in [6, 6.07) is 27.2. The van der Waals surface area contributed by atoms with Crippen molar-refractivity contribution in [3.8, 4) is 29.0 Å². The van der Waals surface area contributed by atoms with Gasteiger partial charge in [-0.3, -0.25) is 0 Å². The Morgan fingerprint density at radius 3 is 2.20 bits per heavy atom. The Hall–Kier alpha value is -4.80. The van der Waals surface area contributed by atoms with Crippen molar-refractivity contribution in [3.63, 3.8) is 0 Å². The van der Waals surface area contributed by atoms with E-state index in [1.165, 1.54) is 7.11 Å². The first kappa shape index (κ1) is 27.8. The van der Waals surface area contributed by atoms with Crippen LogP contribution in [0, 0.1) is 11.3 Å². The minimum Gasteiger partial charge on any atom is -0.487 e. The van der Waals surface area contributed by atoms with Crippen LogP contribution in [0.1, 0.15) is 39.5 Å². The van der Waals surface area contributed by atoms with E-state index < -0.39 is 5.97 Å². The molecule has 0 aliphatic rings. The van der Waals surface area contributed by atoms with Crippen molar-refractivity contribution in [2.75, 3.05) is 7.11 Å². The van der Waals surface area contributed by atoms with Gasteiger partial charge in [0.15, 0.2) is 5.56 Å². The fraction of sp³-hybridized carbons (Fsp3) is 0.182. The van der Waals surface area contributed by atoms with E-state index in [2.05, 4.69) is 6.07 Å². The smallest absolute Gasteiger partial charge is 0.347 e. The quantitative estimate of drug-likeness (QED) is 0.175. The number of rotatable bonds is 9. The molecular formula is C33H28ClN3O4. The number of hydrogen-bond acceptors (Lipinski definition) is 6. The van der Waals surface area contributed by atoms with Gasteiger partial charge in [-0.05, 0) is 29.7 Å². The minimum atomic E-state index is -0.609. The number of pyridine rings is 1. The lowest BCUT2D eigenvalue weighted by molar-refractivity contribution is 0.0588. The van der Waals surface area contributed by atoms with Gasteiger partial charge in [-0.1, -0.05) is 85.3 Å². The molecule has 5 aromatic rings. The van der Waals surface area contributed by atoms with Crippen LogP contribution in [0.4, 0.5) is 0 Å². The molecule has 2 heterocycles. The average Bonchev–Trinajstić information content (AvgIpc) is 3.26. The highest BCUT2D eigenvalue weighted by atomic mass is 35.5. The van der Waals surface area contributed by atoms with Gasteiger partial charge in [-0.25, -0.2) is 9.78 Å². The molecule has 0 fully saturated rings. The lowest BCUT2D eigenvalue weighted by Crippen LogP contribution is -2.14. The summed E-state index contributed by atoms with van der Waals surface area (Å²) in [5.41, 5.74) is 5.22. The number of esters is 1. The number of ether oxygens (including phenoxy) is 3. The fourth-order valence-corrected chi connectivity index (χ4v) is 5.05. The Morgan fingerprint density at radius 2 is 1.61 bits per heavy atom. The van der Waals surface area contributed by atoms with Crippen LogP contribution in [0.3, 0.4) is 0 Å². The van der Waals surface area contributed by atoms with Crippen molar-refractivity contribution in [3.05, 3.63) is 112 Å². The molecule has 7 nitrogen and oxygen atoms in total. The normalized spacial score (nSPS) is 10.8. The van der Waals surface area contributed by atoms with Crippen LogP contribution in [-0.4, -0.2) is 22.6 Å². The maximum absolute atomic E-state index is 13.2. The largest absolute Gasteiger partial charge is 0.487 e. The highest BCUT2D eigenvalue weighted by Gasteiger charge is 2.28. The molecule has 8 heteroatoms. The van der Waals surface area contributed by atoms with E-state index in [9.17, 15) is 10.1 Å². The Bertz CT molecular complexity index is 1760. The maximum Gasteiger partial charge on any atom is 0.347 e. The van der Waals surface area contributed by atoms with Gasteiger partial charge in [0, 0.05) is 23.6 Å². The van der Waals surface area contributed by atoms with Gasteiger partial charge in [0.25, 0.3) is 0 Å². The molecule has 0 spiro atoms. The van der Waals surface area contributed by atoms with Crippen molar-refractivity contribution < 1.29 is 19.0 Å². The number of aryl methyl sites for hydroxylation is 1. The molecule has 0 saturated heterocycles. The number of hydrogen-bond donors (Lipinski definition) is 0. The van der Waals surface area contributed by atoms with Crippen LogP contribution in [-0.2, 0) is 31.4 Å². The molecule has 5 rings (SSSR count). The molecule has 0 atom stereocenters. The summed E-state index contributed by atoms with van der Waals surface area (Å²) in [6.45, 7) is 2.39. The molecule has 0 amide bonds. The highest BCUT2D eigenvalue weighted by molar-refractivity contribution is 6.32. The number of methoxy groups -OCH3 is 1. The second-order valence-electron chi connectivity index (χ2n) is 9.41.